The lowest BCUT2D eigenvalue weighted by Crippen LogP contribution is -2.37. The molecule has 208 valence electrons. The Morgan fingerprint density at radius 2 is 1.56 bits per heavy atom. The van der Waals surface area contributed by atoms with E-state index in [-0.39, 0.29) is 19.6 Å². The van der Waals surface area contributed by atoms with Crippen LogP contribution in [0.4, 0.5) is 0 Å². The molecule has 0 aromatic rings. The minimum atomic E-state index is -4.58. The second-order valence-corrected chi connectivity index (χ2v) is 10.8. The van der Waals surface area contributed by atoms with Gasteiger partial charge in [-0.2, -0.15) is 0 Å². The molecule has 10 heteroatoms. The Balaban J connectivity index is 4.25. The van der Waals surface area contributed by atoms with Gasteiger partial charge in [-0.25, -0.2) is 0 Å². The first-order valence-electron chi connectivity index (χ1n) is 12.6. The number of phosphoric acid groups is 1. The maximum atomic E-state index is 12.2. The second-order valence-electron chi connectivity index (χ2n) is 9.40. The molecule has 0 aliphatic rings. The van der Waals surface area contributed by atoms with E-state index >= 15 is 0 Å². The van der Waals surface area contributed by atoms with Gasteiger partial charge in [0.25, 0.3) is 7.82 Å². The van der Waals surface area contributed by atoms with Gasteiger partial charge in [-0.15, -0.1) is 0 Å². The van der Waals surface area contributed by atoms with E-state index in [1.54, 1.807) is 0 Å². The molecule has 0 rings (SSSR count). The molecule has 0 spiro atoms. The number of allylic oxidation sites excluding steroid dienone is 6. The maximum Gasteiger partial charge on any atom is 0.306 e. The van der Waals surface area contributed by atoms with Gasteiger partial charge in [-0.05, 0) is 38.5 Å². The van der Waals surface area contributed by atoms with Crippen LogP contribution in [0.2, 0.25) is 0 Å². The van der Waals surface area contributed by atoms with E-state index in [1.807, 2.05) is 21.1 Å². The zero-order chi connectivity index (χ0) is 27.3. The van der Waals surface area contributed by atoms with E-state index < -0.39 is 32.5 Å². The lowest BCUT2D eigenvalue weighted by molar-refractivity contribution is -0.870. The van der Waals surface area contributed by atoms with Crippen LogP contribution in [0.15, 0.2) is 36.5 Å². The number of carbonyl (C=O) groups is 2. The average molecular weight is 532 g/mol. The van der Waals surface area contributed by atoms with Crippen molar-refractivity contribution in [3.63, 3.8) is 0 Å². The van der Waals surface area contributed by atoms with Gasteiger partial charge in [0.1, 0.15) is 19.8 Å². The summed E-state index contributed by atoms with van der Waals surface area (Å²) in [4.78, 5) is 35.3. The molecule has 2 atom stereocenters. The van der Waals surface area contributed by atoms with Crippen LogP contribution in [0.5, 0.6) is 0 Å². The summed E-state index contributed by atoms with van der Waals surface area (Å²) in [5.74, 6) is -1.07. The molecule has 0 amide bonds. The summed E-state index contributed by atoms with van der Waals surface area (Å²) in [5.41, 5.74) is 0. The van der Waals surface area contributed by atoms with Crippen molar-refractivity contribution in [1.29, 1.82) is 0 Å². The summed E-state index contributed by atoms with van der Waals surface area (Å²) >= 11 is 0. The molecule has 0 aromatic carbocycles. The van der Waals surface area contributed by atoms with Gasteiger partial charge < -0.3 is 27.9 Å². The Hall–Kier alpha value is -1.77. The van der Waals surface area contributed by atoms with Crippen LogP contribution in [0.1, 0.15) is 65.2 Å². The Bertz CT molecular complexity index is 743. The molecule has 0 fully saturated rings. The van der Waals surface area contributed by atoms with Crippen LogP contribution in [0.3, 0.4) is 0 Å². The fourth-order valence-electron chi connectivity index (χ4n) is 2.74. The van der Waals surface area contributed by atoms with E-state index in [2.05, 4.69) is 43.4 Å². The van der Waals surface area contributed by atoms with Crippen LogP contribution in [0.25, 0.3) is 0 Å². The first-order chi connectivity index (χ1) is 16.9. The molecular weight excluding hydrogens is 485 g/mol. The van der Waals surface area contributed by atoms with Gasteiger partial charge in [0.15, 0.2) is 6.10 Å². The van der Waals surface area contributed by atoms with E-state index in [9.17, 15) is 19.0 Å². The first-order valence-corrected chi connectivity index (χ1v) is 14.1. The van der Waals surface area contributed by atoms with E-state index in [0.717, 1.165) is 38.5 Å². The third kappa shape index (κ3) is 23.9. The molecule has 0 heterocycles. The Labute approximate surface area is 217 Å². The van der Waals surface area contributed by atoms with Gasteiger partial charge in [0, 0.05) is 13.3 Å². The van der Waals surface area contributed by atoms with Crippen molar-refractivity contribution in [2.75, 3.05) is 47.5 Å². The zero-order valence-electron chi connectivity index (χ0n) is 22.7. The monoisotopic (exact) mass is 531 g/mol. The van der Waals surface area contributed by atoms with E-state index in [0.29, 0.717) is 17.4 Å². The highest BCUT2D eigenvalue weighted by Gasteiger charge is 2.21. The standard InChI is InChI=1S/C26H46NO8P/c1-6-7-8-9-10-11-12-13-14-15-16-17-18-19-26(29)35-25(22-32-24(2)28)23-34-36(30,31)33-21-20-27(3,4)5/h7-8,10-11,13-14,25H,6,9,12,15-23H2,1-5H3/b8-7-,11-10-,14-13-. The van der Waals surface area contributed by atoms with E-state index in [4.69, 9.17) is 18.5 Å². The van der Waals surface area contributed by atoms with Crippen LogP contribution in [-0.2, 0) is 32.7 Å². The molecule has 36 heavy (non-hydrogen) atoms. The van der Waals surface area contributed by atoms with Crippen molar-refractivity contribution in [2.45, 2.75) is 71.3 Å². The number of ether oxygens (including phenoxy) is 2. The van der Waals surface area contributed by atoms with Gasteiger partial charge in [0.2, 0.25) is 0 Å². The number of carbonyl (C=O) groups excluding carboxylic acids is 2. The largest absolute Gasteiger partial charge is 0.756 e. The van der Waals surface area contributed by atoms with Gasteiger partial charge in [-0.1, -0.05) is 49.8 Å². The topological polar surface area (TPSA) is 111 Å². The molecule has 0 aliphatic carbocycles. The summed E-state index contributed by atoms with van der Waals surface area (Å²) in [5, 5.41) is 0. The minimum Gasteiger partial charge on any atom is -0.756 e. The molecule has 2 unspecified atom stereocenters. The highest BCUT2D eigenvalue weighted by Crippen LogP contribution is 2.38. The van der Waals surface area contributed by atoms with Crippen molar-refractivity contribution in [2.24, 2.45) is 0 Å². The highest BCUT2D eigenvalue weighted by molar-refractivity contribution is 7.45. The Morgan fingerprint density at radius 3 is 2.17 bits per heavy atom. The second kappa shape index (κ2) is 20.3. The number of phosphoric ester groups is 1. The highest BCUT2D eigenvalue weighted by atomic mass is 31.2. The summed E-state index contributed by atoms with van der Waals surface area (Å²) in [6.45, 7) is 2.96. The number of likely N-dealkylation sites (N-methyl/N-ethyl adjacent to an activating group) is 1. The summed E-state index contributed by atoms with van der Waals surface area (Å²) in [6, 6.07) is 0. The predicted molar refractivity (Wildman–Crippen MR) is 139 cm³/mol. The third-order valence-electron chi connectivity index (χ3n) is 4.73. The average Bonchev–Trinajstić information content (AvgIpc) is 2.77. The summed E-state index contributed by atoms with van der Waals surface area (Å²) in [7, 11) is 1.12. The molecule has 0 saturated heterocycles. The van der Waals surface area contributed by atoms with Crippen molar-refractivity contribution >= 4 is 19.8 Å². The number of unbranched alkanes of at least 4 members (excludes halogenated alkanes) is 3. The SMILES string of the molecule is CC/C=C\C/C=C\C/C=C\CCCCCC(=O)OC(COC(C)=O)COP(=O)([O-])OCC[N+](C)(C)C. The molecule has 9 nitrogen and oxygen atoms in total. The van der Waals surface area contributed by atoms with Crippen LogP contribution in [0, 0.1) is 0 Å². The lowest BCUT2D eigenvalue weighted by Gasteiger charge is -2.28. The number of quaternary nitrogens is 1. The lowest BCUT2D eigenvalue weighted by atomic mass is 10.1. The zero-order valence-corrected chi connectivity index (χ0v) is 23.6. The molecule has 0 radical (unpaired) electrons. The summed E-state index contributed by atoms with van der Waals surface area (Å²) < 4.78 is 32.3. The van der Waals surface area contributed by atoms with Gasteiger partial charge in [-0.3, -0.25) is 14.2 Å². The maximum absolute atomic E-state index is 12.2. The van der Waals surface area contributed by atoms with E-state index in [1.165, 1.54) is 6.92 Å². The normalized spacial score (nSPS) is 14.9. The van der Waals surface area contributed by atoms with Crippen LogP contribution >= 0.6 is 7.82 Å². The molecule has 0 bridgehead atoms. The van der Waals surface area contributed by atoms with Gasteiger partial charge >= 0.3 is 11.9 Å². The summed E-state index contributed by atoms with van der Waals surface area (Å²) in [6.07, 6.45) is 18.4. The van der Waals surface area contributed by atoms with Crippen molar-refractivity contribution in [3.05, 3.63) is 36.5 Å². The number of rotatable bonds is 21. The number of hydrogen-bond acceptors (Lipinski definition) is 8. The quantitative estimate of drug-likeness (QED) is 0.0701. The molecule has 0 saturated carbocycles. The third-order valence-corrected chi connectivity index (χ3v) is 5.70. The van der Waals surface area contributed by atoms with Crippen LogP contribution in [-0.4, -0.2) is 70.0 Å². The molecule has 0 aromatic heterocycles. The fourth-order valence-corrected chi connectivity index (χ4v) is 3.47. The minimum absolute atomic E-state index is 0.0405. The first kappa shape index (κ1) is 34.2. The van der Waals surface area contributed by atoms with Crippen LogP contribution < -0.4 is 4.89 Å². The Morgan fingerprint density at radius 1 is 0.917 bits per heavy atom. The molecular formula is C26H46NO8P. The van der Waals surface area contributed by atoms with Crippen molar-refractivity contribution in [1.82, 2.24) is 0 Å². The Kier molecular flexibility index (Phi) is 19.3. The number of esters is 2. The number of hydrogen-bond donors (Lipinski definition) is 0. The number of nitrogens with zero attached hydrogens (tertiary/aromatic N) is 1. The smallest absolute Gasteiger partial charge is 0.306 e. The predicted octanol–water partition coefficient (Wildman–Crippen LogP) is 4.48. The van der Waals surface area contributed by atoms with Gasteiger partial charge in [0.05, 0.1) is 27.7 Å². The molecule has 0 N–H and O–H groups in total. The fraction of sp³-hybridized carbons (Fsp3) is 0.692. The van der Waals surface area contributed by atoms with Crippen molar-refractivity contribution < 1.29 is 42.1 Å². The molecule has 0 aliphatic heterocycles. The van der Waals surface area contributed by atoms with Crippen molar-refractivity contribution in [3.8, 4) is 0 Å².